The summed E-state index contributed by atoms with van der Waals surface area (Å²) in [5, 5.41) is 6.46. The zero-order valence-electron chi connectivity index (χ0n) is 10.0. The number of aromatic nitrogens is 2. The van der Waals surface area contributed by atoms with Crippen molar-refractivity contribution < 1.29 is 4.79 Å². The van der Waals surface area contributed by atoms with Gasteiger partial charge in [-0.15, -0.1) is 0 Å². The third-order valence-electron chi connectivity index (χ3n) is 2.55. The van der Waals surface area contributed by atoms with Gasteiger partial charge in [0.1, 0.15) is 5.82 Å². The van der Waals surface area contributed by atoms with Crippen molar-refractivity contribution in [1.29, 1.82) is 0 Å². The van der Waals surface area contributed by atoms with E-state index in [1.165, 1.54) is 0 Å². The fourth-order valence-corrected chi connectivity index (χ4v) is 1.56. The zero-order valence-corrected chi connectivity index (χ0v) is 10.0. The second kappa shape index (κ2) is 5.39. The number of carbonyl (C=O) groups is 1. The Morgan fingerprint density at radius 2 is 2.12 bits per heavy atom. The number of likely N-dealkylation sites (N-methyl/N-ethyl adjacent to an activating group) is 2. The third kappa shape index (κ3) is 2.65. The molecule has 0 bridgehead atoms. The molecule has 0 aromatic carbocycles. The lowest BCUT2D eigenvalue weighted by molar-refractivity contribution is -0.129. The fraction of sp³-hybridized carbons (Fsp3) is 0.600. The van der Waals surface area contributed by atoms with Crippen LogP contribution in [0.25, 0.3) is 0 Å². The van der Waals surface area contributed by atoms with E-state index in [1.54, 1.807) is 16.0 Å². The minimum Gasteiger partial charge on any atom is -0.382 e. The van der Waals surface area contributed by atoms with Crippen molar-refractivity contribution in [1.82, 2.24) is 15.1 Å². The molecule has 0 aliphatic heterocycles. The Kier molecular flexibility index (Phi) is 4.16. The molecule has 1 aromatic rings. The number of hydrogen-bond donors (Lipinski definition) is 2. The van der Waals surface area contributed by atoms with Gasteiger partial charge in [-0.1, -0.05) is 0 Å². The first kappa shape index (κ1) is 12.4. The molecule has 0 unspecified atom stereocenters. The van der Waals surface area contributed by atoms with Gasteiger partial charge >= 0.3 is 0 Å². The summed E-state index contributed by atoms with van der Waals surface area (Å²) in [5.41, 5.74) is 6.42. The average molecular weight is 225 g/mol. The Morgan fingerprint density at radius 3 is 2.56 bits per heavy atom. The predicted octanol–water partition coefficient (Wildman–Crippen LogP) is 0.296. The molecule has 1 amide bonds. The van der Waals surface area contributed by atoms with E-state index in [-0.39, 0.29) is 5.91 Å². The highest BCUT2D eigenvalue weighted by Crippen LogP contribution is 2.17. The molecule has 1 rings (SSSR count). The molecule has 0 spiro atoms. The largest absolute Gasteiger partial charge is 0.382 e. The molecule has 0 aliphatic rings. The Hall–Kier alpha value is -1.72. The van der Waals surface area contributed by atoms with Crippen LogP contribution in [0.1, 0.15) is 13.8 Å². The Balaban J connectivity index is 2.61. The van der Waals surface area contributed by atoms with E-state index in [1.807, 2.05) is 20.9 Å². The molecule has 1 heterocycles. The van der Waals surface area contributed by atoms with Crippen LogP contribution in [0.2, 0.25) is 0 Å². The predicted molar refractivity (Wildman–Crippen MR) is 64.2 cm³/mol. The van der Waals surface area contributed by atoms with Crippen LogP contribution in [0, 0.1) is 0 Å². The molecule has 3 N–H and O–H groups in total. The maximum absolute atomic E-state index is 11.8. The topological polar surface area (TPSA) is 78.2 Å². The highest BCUT2D eigenvalue weighted by Gasteiger charge is 2.14. The van der Waals surface area contributed by atoms with Crippen molar-refractivity contribution in [2.24, 2.45) is 0 Å². The number of nitrogens with zero attached hydrogens (tertiary/aromatic N) is 3. The van der Waals surface area contributed by atoms with E-state index in [9.17, 15) is 4.79 Å². The minimum absolute atomic E-state index is 0.0908. The first-order valence-electron chi connectivity index (χ1n) is 5.37. The summed E-state index contributed by atoms with van der Waals surface area (Å²) in [6.07, 6.45) is 1.62. The molecule has 0 atom stereocenters. The number of nitrogen functional groups attached to an aromatic ring is 1. The van der Waals surface area contributed by atoms with Crippen molar-refractivity contribution >= 4 is 17.4 Å². The number of amides is 1. The number of nitrogens with one attached hydrogen (secondary N) is 1. The van der Waals surface area contributed by atoms with Gasteiger partial charge in [0, 0.05) is 20.1 Å². The van der Waals surface area contributed by atoms with Crippen LogP contribution in [0.5, 0.6) is 0 Å². The van der Waals surface area contributed by atoms with Gasteiger partial charge in [-0.2, -0.15) is 5.10 Å². The maximum atomic E-state index is 11.8. The highest BCUT2D eigenvalue weighted by molar-refractivity contribution is 5.82. The number of H-pyrrole nitrogens is 1. The van der Waals surface area contributed by atoms with Crippen LogP contribution in [-0.4, -0.2) is 47.7 Å². The summed E-state index contributed by atoms with van der Waals surface area (Å²) in [4.78, 5) is 15.4. The maximum Gasteiger partial charge on any atom is 0.242 e. The summed E-state index contributed by atoms with van der Waals surface area (Å²) in [7, 11) is 1.82. The molecule has 0 fully saturated rings. The van der Waals surface area contributed by atoms with Gasteiger partial charge in [-0.25, -0.2) is 0 Å². The van der Waals surface area contributed by atoms with Crippen LogP contribution < -0.4 is 10.6 Å². The second-order valence-electron chi connectivity index (χ2n) is 3.59. The van der Waals surface area contributed by atoms with Gasteiger partial charge in [0.15, 0.2) is 0 Å². The molecule has 90 valence electrons. The third-order valence-corrected chi connectivity index (χ3v) is 2.55. The van der Waals surface area contributed by atoms with Crippen LogP contribution in [0.3, 0.4) is 0 Å². The number of nitrogens with two attached hydrogens (primary N) is 1. The van der Waals surface area contributed by atoms with E-state index in [0.717, 1.165) is 18.8 Å². The number of rotatable bonds is 5. The van der Waals surface area contributed by atoms with E-state index in [2.05, 4.69) is 10.2 Å². The van der Waals surface area contributed by atoms with Gasteiger partial charge in [-0.05, 0) is 13.8 Å². The molecule has 0 radical (unpaired) electrons. The highest BCUT2D eigenvalue weighted by atomic mass is 16.2. The van der Waals surface area contributed by atoms with Gasteiger partial charge in [0.2, 0.25) is 5.91 Å². The first-order chi connectivity index (χ1) is 7.60. The molecule has 0 saturated carbocycles. The molecule has 16 heavy (non-hydrogen) atoms. The van der Waals surface area contributed by atoms with Crippen LogP contribution >= 0.6 is 0 Å². The number of hydrogen-bond acceptors (Lipinski definition) is 4. The molecule has 0 saturated heterocycles. The summed E-state index contributed by atoms with van der Waals surface area (Å²) in [6.45, 7) is 5.70. The number of carbonyl (C=O) groups excluding carboxylic acids is 1. The Labute approximate surface area is 95.4 Å². The summed E-state index contributed by atoms with van der Waals surface area (Å²) < 4.78 is 0. The lowest BCUT2D eigenvalue weighted by Gasteiger charge is -2.23. The molecule has 0 aliphatic carbocycles. The molecule has 6 heteroatoms. The van der Waals surface area contributed by atoms with E-state index in [0.29, 0.717) is 12.4 Å². The first-order valence-corrected chi connectivity index (χ1v) is 5.37. The number of aromatic amines is 1. The summed E-state index contributed by atoms with van der Waals surface area (Å²) in [6, 6.07) is 0. The van der Waals surface area contributed by atoms with Crippen LogP contribution in [0.15, 0.2) is 6.20 Å². The van der Waals surface area contributed by atoms with Crippen molar-refractivity contribution in [3.8, 4) is 0 Å². The zero-order chi connectivity index (χ0) is 12.1. The standard InChI is InChI=1S/C10H19N5O/c1-4-15(5-2)9(16)7-14(3)8-6-12-13-10(8)11/h6H,4-5,7H2,1-3H3,(H3,11,12,13). The lowest BCUT2D eigenvalue weighted by atomic mass is 10.4. The Bertz CT molecular complexity index is 345. The molecule has 1 aromatic heterocycles. The molecule has 6 nitrogen and oxygen atoms in total. The smallest absolute Gasteiger partial charge is 0.242 e. The monoisotopic (exact) mass is 225 g/mol. The van der Waals surface area contributed by atoms with Crippen molar-refractivity contribution in [3.63, 3.8) is 0 Å². The Morgan fingerprint density at radius 1 is 1.50 bits per heavy atom. The van der Waals surface area contributed by atoms with Crippen LogP contribution in [-0.2, 0) is 4.79 Å². The van der Waals surface area contributed by atoms with Gasteiger partial charge in [-0.3, -0.25) is 9.89 Å². The summed E-state index contributed by atoms with van der Waals surface area (Å²) >= 11 is 0. The van der Waals surface area contributed by atoms with Gasteiger partial charge < -0.3 is 15.5 Å². The van der Waals surface area contributed by atoms with E-state index >= 15 is 0 Å². The summed E-state index contributed by atoms with van der Waals surface area (Å²) in [5.74, 6) is 0.572. The SMILES string of the molecule is CCN(CC)C(=O)CN(C)c1cn[nH]c1N. The second-order valence-corrected chi connectivity index (χ2v) is 3.59. The molecular weight excluding hydrogens is 206 g/mol. The van der Waals surface area contributed by atoms with E-state index < -0.39 is 0 Å². The lowest BCUT2D eigenvalue weighted by Crippen LogP contribution is -2.38. The van der Waals surface area contributed by atoms with Crippen molar-refractivity contribution in [3.05, 3.63) is 6.20 Å². The van der Waals surface area contributed by atoms with Gasteiger partial charge in [0.25, 0.3) is 0 Å². The minimum atomic E-state index is 0.0908. The fourth-order valence-electron chi connectivity index (χ4n) is 1.56. The average Bonchev–Trinajstić information content (AvgIpc) is 2.66. The van der Waals surface area contributed by atoms with Gasteiger partial charge in [0.05, 0.1) is 18.4 Å². The molecular formula is C10H19N5O. The van der Waals surface area contributed by atoms with Crippen molar-refractivity contribution in [2.75, 3.05) is 37.3 Å². The van der Waals surface area contributed by atoms with E-state index in [4.69, 9.17) is 5.73 Å². The number of anilines is 2. The van der Waals surface area contributed by atoms with Crippen molar-refractivity contribution in [2.45, 2.75) is 13.8 Å². The normalized spacial score (nSPS) is 10.2. The quantitative estimate of drug-likeness (QED) is 0.755. The van der Waals surface area contributed by atoms with Crippen LogP contribution in [0.4, 0.5) is 11.5 Å².